The van der Waals surface area contributed by atoms with Crippen LogP contribution in [0.4, 0.5) is 0 Å². The molecule has 0 amide bonds. The van der Waals surface area contributed by atoms with E-state index in [9.17, 15) is 14.4 Å². The minimum Gasteiger partial charge on any atom is -0.462 e. The van der Waals surface area contributed by atoms with Crippen molar-refractivity contribution in [1.82, 2.24) is 0 Å². The Balaban J connectivity index is 4.03. The standard InChI is InChI=1S/C71H126O6/c1-4-7-10-13-16-19-22-24-26-27-28-29-30-31-32-33-34-35-36-37-38-39-40-41-42-43-44-45-46-48-49-52-55-58-61-64-70(73)76-67-68(66-75-69(72)63-60-57-54-51-21-18-15-12-9-6-3)77-71(74)65-62-59-56-53-50-47-25-23-20-17-14-11-8-5-2/h7,10,16,19,23-26,28-29,31-32,68H,4-6,8-9,11-15,17-18,20-22,27,30,33-67H2,1-3H3/b10-7-,19-16-,25-23-,26-24-,29-28-,32-31-. The molecule has 0 rings (SSSR count). The zero-order valence-electron chi connectivity index (χ0n) is 51.2. The van der Waals surface area contributed by atoms with E-state index in [2.05, 4.69) is 93.7 Å². The smallest absolute Gasteiger partial charge is 0.306 e. The Kier molecular flexibility index (Phi) is 62.7. The van der Waals surface area contributed by atoms with Crippen molar-refractivity contribution in [2.24, 2.45) is 0 Å². The maximum absolute atomic E-state index is 12.8. The van der Waals surface area contributed by atoms with Gasteiger partial charge in [-0.05, 0) is 89.9 Å². The Labute approximate surface area is 478 Å². The van der Waals surface area contributed by atoms with Crippen LogP contribution in [0.1, 0.15) is 342 Å². The van der Waals surface area contributed by atoms with Crippen LogP contribution in [0.3, 0.4) is 0 Å². The fourth-order valence-electron chi connectivity index (χ4n) is 9.70. The van der Waals surface area contributed by atoms with Gasteiger partial charge in [0.15, 0.2) is 6.10 Å². The molecule has 446 valence electrons. The van der Waals surface area contributed by atoms with Crippen LogP contribution < -0.4 is 0 Å². The van der Waals surface area contributed by atoms with Gasteiger partial charge in [-0.2, -0.15) is 0 Å². The van der Waals surface area contributed by atoms with Gasteiger partial charge in [0.2, 0.25) is 0 Å². The quantitative estimate of drug-likeness (QED) is 0.0261. The highest BCUT2D eigenvalue weighted by Gasteiger charge is 2.19. The number of ether oxygens (including phenoxy) is 3. The molecule has 0 aliphatic rings. The largest absolute Gasteiger partial charge is 0.462 e. The molecular weight excluding hydrogens is 949 g/mol. The third-order valence-corrected chi connectivity index (χ3v) is 14.7. The lowest BCUT2D eigenvalue weighted by Crippen LogP contribution is -2.30. The zero-order valence-corrected chi connectivity index (χ0v) is 51.2. The molecule has 0 bridgehead atoms. The molecule has 1 unspecified atom stereocenters. The molecule has 0 fully saturated rings. The van der Waals surface area contributed by atoms with Gasteiger partial charge in [0.25, 0.3) is 0 Å². The molecule has 0 aliphatic heterocycles. The summed E-state index contributed by atoms with van der Waals surface area (Å²) in [6.07, 6.45) is 85.1. The van der Waals surface area contributed by atoms with Crippen LogP contribution >= 0.6 is 0 Å². The van der Waals surface area contributed by atoms with E-state index in [1.807, 2.05) is 0 Å². The molecule has 6 nitrogen and oxygen atoms in total. The predicted molar refractivity (Wildman–Crippen MR) is 335 cm³/mol. The van der Waals surface area contributed by atoms with Crippen LogP contribution in [0.5, 0.6) is 0 Å². The number of allylic oxidation sites excluding steroid dienone is 12. The molecule has 0 saturated carbocycles. The number of hydrogen-bond donors (Lipinski definition) is 0. The summed E-state index contributed by atoms with van der Waals surface area (Å²) in [6, 6.07) is 0. The third kappa shape index (κ3) is 63.6. The van der Waals surface area contributed by atoms with Crippen molar-refractivity contribution >= 4 is 17.9 Å². The summed E-state index contributed by atoms with van der Waals surface area (Å²) in [7, 11) is 0. The molecule has 1 atom stereocenters. The average molecular weight is 1080 g/mol. The molecule has 0 spiro atoms. The van der Waals surface area contributed by atoms with Crippen LogP contribution in [-0.4, -0.2) is 37.2 Å². The SMILES string of the molecule is CC/C=C\C/C=C\C/C=C\C/C=C\C/C=C\CCCCCCCCCCCCCCCCCCCCCC(=O)OCC(COC(=O)CCCCCCCCCCCC)OC(=O)CCCCCCC/C=C\CCCCCCC. The topological polar surface area (TPSA) is 78.9 Å². The Morgan fingerprint density at radius 1 is 0.273 bits per heavy atom. The molecule has 0 heterocycles. The maximum atomic E-state index is 12.8. The minimum atomic E-state index is -0.774. The number of hydrogen-bond acceptors (Lipinski definition) is 6. The molecule has 0 N–H and O–H groups in total. The second kappa shape index (κ2) is 65.4. The summed E-state index contributed by atoms with van der Waals surface area (Å²) >= 11 is 0. The lowest BCUT2D eigenvalue weighted by molar-refractivity contribution is -0.167. The molecule has 0 saturated heterocycles. The van der Waals surface area contributed by atoms with Crippen molar-refractivity contribution < 1.29 is 28.6 Å². The first-order valence-corrected chi connectivity index (χ1v) is 33.4. The van der Waals surface area contributed by atoms with Crippen molar-refractivity contribution in [3.8, 4) is 0 Å². The molecule has 0 aromatic heterocycles. The fraction of sp³-hybridized carbons (Fsp3) is 0.789. The number of esters is 3. The van der Waals surface area contributed by atoms with Crippen molar-refractivity contribution in [3.63, 3.8) is 0 Å². The van der Waals surface area contributed by atoms with E-state index in [4.69, 9.17) is 14.2 Å². The van der Waals surface area contributed by atoms with Gasteiger partial charge >= 0.3 is 17.9 Å². The first-order valence-electron chi connectivity index (χ1n) is 33.4. The van der Waals surface area contributed by atoms with Gasteiger partial charge in [-0.3, -0.25) is 14.4 Å². The van der Waals surface area contributed by atoms with E-state index in [-0.39, 0.29) is 31.1 Å². The van der Waals surface area contributed by atoms with Crippen molar-refractivity contribution in [2.45, 2.75) is 348 Å². The van der Waals surface area contributed by atoms with Gasteiger partial charge in [-0.15, -0.1) is 0 Å². The first-order chi connectivity index (χ1) is 38.0. The highest BCUT2D eigenvalue weighted by molar-refractivity contribution is 5.71. The predicted octanol–water partition coefficient (Wildman–Crippen LogP) is 22.9. The summed E-state index contributed by atoms with van der Waals surface area (Å²) in [5.74, 6) is -0.865. The Morgan fingerprint density at radius 3 is 0.805 bits per heavy atom. The van der Waals surface area contributed by atoms with Crippen LogP contribution in [-0.2, 0) is 28.6 Å². The van der Waals surface area contributed by atoms with E-state index in [1.54, 1.807) is 0 Å². The van der Waals surface area contributed by atoms with E-state index >= 15 is 0 Å². The van der Waals surface area contributed by atoms with Crippen LogP contribution in [0.25, 0.3) is 0 Å². The summed E-state index contributed by atoms with van der Waals surface area (Å²) in [4.78, 5) is 38.2. The van der Waals surface area contributed by atoms with Crippen LogP contribution in [0.15, 0.2) is 72.9 Å². The maximum Gasteiger partial charge on any atom is 0.306 e. The van der Waals surface area contributed by atoms with E-state index in [0.717, 1.165) is 96.3 Å². The van der Waals surface area contributed by atoms with Crippen molar-refractivity contribution in [2.75, 3.05) is 13.2 Å². The molecule has 0 aromatic carbocycles. The van der Waals surface area contributed by atoms with Crippen LogP contribution in [0.2, 0.25) is 0 Å². The molecule has 0 radical (unpaired) electrons. The van der Waals surface area contributed by atoms with E-state index in [0.29, 0.717) is 19.3 Å². The summed E-state index contributed by atoms with van der Waals surface area (Å²) in [5.41, 5.74) is 0. The highest BCUT2D eigenvalue weighted by atomic mass is 16.6. The lowest BCUT2D eigenvalue weighted by atomic mass is 10.0. The van der Waals surface area contributed by atoms with E-state index in [1.165, 1.54) is 205 Å². The van der Waals surface area contributed by atoms with Gasteiger partial charge < -0.3 is 14.2 Å². The lowest BCUT2D eigenvalue weighted by Gasteiger charge is -2.18. The highest BCUT2D eigenvalue weighted by Crippen LogP contribution is 2.17. The molecule has 0 aromatic rings. The fourth-order valence-corrected chi connectivity index (χ4v) is 9.70. The van der Waals surface area contributed by atoms with Crippen molar-refractivity contribution in [1.29, 1.82) is 0 Å². The zero-order chi connectivity index (χ0) is 55.7. The summed E-state index contributed by atoms with van der Waals surface area (Å²) in [5, 5.41) is 0. The van der Waals surface area contributed by atoms with Gasteiger partial charge in [0.1, 0.15) is 13.2 Å². The Hall–Kier alpha value is -3.15. The Morgan fingerprint density at radius 2 is 0.506 bits per heavy atom. The number of carbonyl (C=O) groups is 3. The number of carbonyl (C=O) groups excluding carboxylic acids is 3. The second-order valence-corrected chi connectivity index (χ2v) is 22.4. The number of unbranched alkanes of at least 4 members (excludes halogenated alkanes) is 38. The summed E-state index contributed by atoms with van der Waals surface area (Å²) < 4.78 is 16.9. The van der Waals surface area contributed by atoms with Crippen LogP contribution in [0, 0.1) is 0 Å². The molecular formula is C71H126O6. The average Bonchev–Trinajstić information content (AvgIpc) is 3.43. The molecule has 77 heavy (non-hydrogen) atoms. The number of rotatable bonds is 61. The van der Waals surface area contributed by atoms with Gasteiger partial charge in [0, 0.05) is 19.3 Å². The molecule has 0 aliphatic carbocycles. The van der Waals surface area contributed by atoms with E-state index < -0.39 is 6.10 Å². The first kappa shape index (κ1) is 73.8. The Bertz CT molecular complexity index is 1420. The normalized spacial score (nSPS) is 12.5. The minimum absolute atomic E-state index is 0.0726. The summed E-state index contributed by atoms with van der Waals surface area (Å²) in [6.45, 7) is 6.53. The molecule has 6 heteroatoms. The third-order valence-electron chi connectivity index (χ3n) is 14.7. The second-order valence-electron chi connectivity index (χ2n) is 22.4. The van der Waals surface area contributed by atoms with Gasteiger partial charge in [-0.25, -0.2) is 0 Å². The van der Waals surface area contributed by atoms with Gasteiger partial charge in [0.05, 0.1) is 0 Å². The monoisotopic (exact) mass is 1070 g/mol. The van der Waals surface area contributed by atoms with Crippen molar-refractivity contribution in [3.05, 3.63) is 72.9 Å². The van der Waals surface area contributed by atoms with Gasteiger partial charge in [-0.1, -0.05) is 306 Å².